The number of anilines is 1. The molecule has 1 unspecified atom stereocenters. The van der Waals surface area contributed by atoms with Crippen LogP contribution in [0.4, 0.5) is 5.69 Å². The van der Waals surface area contributed by atoms with Gasteiger partial charge in [0.15, 0.2) is 0 Å². The van der Waals surface area contributed by atoms with E-state index in [0.29, 0.717) is 31.5 Å². The zero-order valence-corrected chi connectivity index (χ0v) is 17.5. The number of aliphatic carboxylic acids is 1. The number of piperidine rings is 1. The molecule has 0 aliphatic carbocycles. The van der Waals surface area contributed by atoms with Crippen LogP contribution in [0.25, 0.3) is 0 Å². The minimum Gasteiger partial charge on any atom is -0.480 e. The Morgan fingerprint density at radius 2 is 1.88 bits per heavy atom. The molecule has 1 aromatic rings. The number of fused-ring (bicyclic) bond motifs is 1. The molecule has 0 radical (unpaired) electrons. The van der Waals surface area contributed by atoms with Crippen molar-refractivity contribution in [2.75, 3.05) is 11.9 Å². The number of hydrogen-bond acceptors (Lipinski definition) is 7. The second kappa shape index (κ2) is 9.58. The van der Waals surface area contributed by atoms with Gasteiger partial charge < -0.3 is 15.7 Å². The predicted molar refractivity (Wildman–Crippen MR) is 111 cm³/mol. The minimum absolute atomic E-state index is 0.0266. The molecular formula is C21H24N4O7. The maximum Gasteiger partial charge on any atom is 0.326 e. The molecule has 32 heavy (non-hydrogen) atoms. The smallest absolute Gasteiger partial charge is 0.326 e. The van der Waals surface area contributed by atoms with Crippen LogP contribution in [-0.4, -0.2) is 64.1 Å². The van der Waals surface area contributed by atoms with E-state index in [1.165, 1.54) is 25.1 Å². The summed E-state index contributed by atoms with van der Waals surface area (Å²) in [4.78, 5) is 72.4. The fourth-order valence-corrected chi connectivity index (χ4v) is 3.76. The number of rotatable bonds is 9. The molecule has 0 spiro atoms. The standard InChI is InChI=1S/C21H24N4O7/c1-11(26)22-9-3-2-4-15(21(31)32)23-12-5-6-13-14(10-12)20(30)25(19(13)29)16-7-8-17(27)24-18(16)28/h5-6,10,15-16,23H,2-4,7-9H2,1H3,(H,22,26)(H,31,32)(H,24,27,28)/t15-,16?/m0/s1. The van der Waals surface area contributed by atoms with E-state index in [9.17, 15) is 33.9 Å². The third-order valence-electron chi connectivity index (χ3n) is 5.37. The normalized spacial score (nSPS) is 18.8. The average molecular weight is 444 g/mol. The average Bonchev–Trinajstić information content (AvgIpc) is 2.97. The quantitative estimate of drug-likeness (QED) is 0.311. The van der Waals surface area contributed by atoms with Crippen molar-refractivity contribution >= 4 is 41.2 Å². The van der Waals surface area contributed by atoms with Crippen LogP contribution in [0.5, 0.6) is 0 Å². The first-order valence-corrected chi connectivity index (χ1v) is 10.3. The van der Waals surface area contributed by atoms with Crippen LogP contribution in [0, 0.1) is 0 Å². The van der Waals surface area contributed by atoms with Crippen LogP contribution in [0.2, 0.25) is 0 Å². The van der Waals surface area contributed by atoms with E-state index in [0.717, 1.165) is 4.90 Å². The van der Waals surface area contributed by atoms with Crippen LogP contribution in [0.1, 0.15) is 59.7 Å². The van der Waals surface area contributed by atoms with Gasteiger partial charge in [0.1, 0.15) is 12.1 Å². The maximum atomic E-state index is 12.9. The predicted octanol–water partition coefficient (Wildman–Crippen LogP) is 0.259. The van der Waals surface area contributed by atoms with Crippen LogP contribution in [0.3, 0.4) is 0 Å². The lowest BCUT2D eigenvalue weighted by Crippen LogP contribution is -2.54. The first kappa shape index (κ1) is 22.9. The molecule has 2 heterocycles. The molecule has 0 saturated carbocycles. The summed E-state index contributed by atoms with van der Waals surface area (Å²) in [6.45, 7) is 1.86. The Morgan fingerprint density at radius 1 is 1.16 bits per heavy atom. The number of amides is 5. The van der Waals surface area contributed by atoms with Crippen molar-refractivity contribution in [1.82, 2.24) is 15.5 Å². The molecule has 1 aromatic carbocycles. The summed E-state index contributed by atoms with van der Waals surface area (Å²) in [6.07, 6.45) is 1.54. The zero-order valence-electron chi connectivity index (χ0n) is 17.5. The summed E-state index contributed by atoms with van der Waals surface area (Å²) < 4.78 is 0. The van der Waals surface area contributed by atoms with Gasteiger partial charge >= 0.3 is 5.97 Å². The Bertz CT molecular complexity index is 990. The van der Waals surface area contributed by atoms with Crippen LogP contribution < -0.4 is 16.0 Å². The monoisotopic (exact) mass is 444 g/mol. The van der Waals surface area contributed by atoms with Gasteiger partial charge in [-0.25, -0.2) is 4.79 Å². The highest BCUT2D eigenvalue weighted by atomic mass is 16.4. The molecule has 11 nitrogen and oxygen atoms in total. The van der Waals surface area contributed by atoms with Gasteiger partial charge in [-0.05, 0) is 43.9 Å². The van der Waals surface area contributed by atoms with E-state index >= 15 is 0 Å². The van der Waals surface area contributed by atoms with Gasteiger partial charge in [-0.3, -0.25) is 34.2 Å². The number of carbonyl (C=O) groups excluding carboxylic acids is 5. The fourth-order valence-electron chi connectivity index (χ4n) is 3.76. The number of carboxylic acid groups (broad SMARTS) is 1. The molecule has 1 saturated heterocycles. The molecule has 2 aliphatic heterocycles. The summed E-state index contributed by atoms with van der Waals surface area (Å²) in [5, 5.41) is 17.1. The zero-order chi connectivity index (χ0) is 23.4. The number of nitrogens with zero attached hydrogens (tertiary/aromatic N) is 1. The van der Waals surface area contributed by atoms with Gasteiger partial charge in [0.25, 0.3) is 11.8 Å². The minimum atomic E-state index is -1.07. The van der Waals surface area contributed by atoms with Gasteiger partial charge in [-0.15, -0.1) is 0 Å². The van der Waals surface area contributed by atoms with Crippen molar-refractivity contribution in [2.45, 2.75) is 51.1 Å². The molecule has 1 fully saturated rings. The molecule has 2 aliphatic rings. The highest BCUT2D eigenvalue weighted by molar-refractivity contribution is 6.23. The van der Waals surface area contributed by atoms with E-state index in [1.807, 2.05) is 0 Å². The van der Waals surface area contributed by atoms with E-state index in [2.05, 4.69) is 16.0 Å². The Morgan fingerprint density at radius 3 is 2.53 bits per heavy atom. The first-order chi connectivity index (χ1) is 15.2. The molecule has 4 N–H and O–H groups in total. The third-order valence-corrected chi connectivity index (χ3v) is 5.37. The maximum absolute atomic E-state index is 12.9. The second-order valence-electron chi connectivity index (χ2n) is 7.72. The lowest BCUT2D eigenvalue weighted by atomic mass is 10.0. The molecule has 170 valence electrons. The number of nitrogens with one attached hydrogen (secondary N) is 3. The van der Waals surface area contributed by atoms with Crippen molar-refractivity contribution in [2.24, 2.45) is 0 Å². The van der Waals surface area contributed by atoms with Crippen molar-refractivity contribution in [3.05, 3.63) is 29.3 Å². The number of carbonyl (C=O) groups is 6. The van der Waals surface area contributed by atoms with Crippen molar-refractivity contribution in [1.29, 1.82) is 0 Å². The van der Waals surface area contributed by atoms with Crippen molar-refractivity contribution in [3.63, 3.8) is 0 Å². The SMILES string of the molecule is CC(=O)NCCCC[C@H](Nc1ccc2c(c1)C(=O)N(C1CCC(=O)NC1=O)C2=O)C(=O)O. The molecule has 11 heteroatoms. The Hall–Kier alpha value is -3.76. The number of carboxylic acids is 1. The Kier molecular flexibility index (Phi) is 6.86. The first-order valence-electron chi connectivity index (χ1n) is 10.3. The fraction of sp³-hybridized carbons (Fsp3) is 0.429. The van der Waals surface area contributed by atoms with Gasteiger partial charge in [-0.2, -0.15) is 0 Å². The summed E-state index contributed by atoms with van der Waals surface area (Å²) in [5.74, 6) is -3.66. The van der Waals surface area contributed by atoms with Gasteiger partial charge in [-0.1, -0.05) is 0 Å². The number of unbranched alkanes of at least 4 members (excludes halogenated alkanes) is 1. The second-order valence-corrected chi connectivity index (χ2v) is 7.72. The Labute approximate surface area is 183 Å². The van der Waals surface area contributed by atoms with Gasteiger partial charge in [0.2, 0.25) is 17.7 Å². The lowest BCUT2D eigenvalue weighted by Gasteiger charge is -2.27. The molecule has 0 aromatic heterocycles. The van der Waals surface area contributed by atoms with E-state index in [4.69, 9.17) is 0 Å². The summed E-state index contributed by atoms with van der Waals surface area (Å²) in [5.41, 5.74) is 0.538. The van der Waals surface area contributed by atoms with Crippen molar-refractivity contribution < 1.29 is 33.9 Å². The Balaban J connectivity index is 1.69. The van der Waals surface area contributed by atoms with E-state index < -0.39 is 41.7 Å². The largest absolute Gasteiger partial charge is 0.480 e. The van der Waals surface area contributed by atoms with E-state index in [-0.39, 0.29) is 29.9 Å². The lowest BCUT2D eigenvalue weighted by molar-refractivity contribution is -0.138. The number of benzene rings is 1. The molecule has 2 atom stereocenters. The third kappa shape index (κ3) is 4.93. The summed E-state index contributed by atoms with van der Waals surface area (Å²) >= 11 is 0. The number of imide groups is 2. The van der Waals surface area contributed by atoms with Gasteiger partial charge in [0.05, 0.1) is 11.1 Å². The van der Waals surface area contributed by atoms with E-state index in [1.54, 1.807) is 0 Å². The molecule has 3 rings (SSSR count). The number of hydrogen-bond donors (Lipinski definition) is 4. The van der Waals surface area contributed by atoms with Crippen molar-refractivity contribution in [3.8, 4) is 0 Å². The van der Waals surface area contributed by atoms with Crippen LogP contribution >= 0.6 is 0 Å². The topological polar surface area (TPSA) is 162 Å². The molecule has 0 bridgehead atoms. The molecule has 5 amide bonds. The summed E-state index contributed by atoms with van der Waals surface area (Å²) in [6, 6.07) is 2.33. The summed E-state index contributed by atoms with van der Waals surface area (Å²) in [7, 11) is 0. The van der Waals surface area contributed by atoms with Crippen LogP contribution in [-0.2, 0) is 19.2 Å². The highest BCUT2D eigenvalue weighted by Gasteiger charge is 2.44. The molecular weight excluding hydrogens is 420 g/mol. The van der Waals surface area contributed by atoms with Crippen LogP contribution in [0.15, 0.2) is 18.2 Å². The van der Waals surface area contributed by atoms with Gasteiger partial charge in [0, 0.05) is 25.6 Å². The highest BCUT2D eigenvalue weighted by Crippen LogP contribution is 2.30.